The molecule has 67 heavy (non-hydrogen) atoms. The van der Waals surface area contributed by atoms with E-state index >= 15 is 0 Å². The Morgan fingerprint density at radius 1 is 0.328 bits per heavy atom. The minimum atomic E-state index is -0.0895. The predicted molar refractivity (Wildman–Crippen MR) is 296 cm³/mol. The monoisotopic (exact) mass is 981 g/mol. The maximum Gasteiger partial charge on any atom is 0.0361 e. The second-order valence-corrected chi connectivity index (χ2v) is 26.0. The Morgan fingerprint density at radius 3 is 0.791 bits per heavy atom. The summed E-state index contributed by atoms with van der Waals surface area (Å²) in [5.41, 5.74) is 12.1. The molecule has 0 radical (unpaired) electrons. The Bertz CT molecular complexity index is 1960. The Hall–Kier alpha value is -3.85. The van der Waals surface area contributed by atoms with Crippen molar-refractivity contribution in [1.82, 2.24) is 0 Å². The first kappa shape index (κ1) is 52.5. The number of anilines is 1. The van der Waals surface area contributed by atoms with Crippen molar-refractivity contribution >= 4 is 34.8 Å². The van der Waals surface area contributed by atoms with Gasteiger partial charge in [-0.25, -0.2) is 0 Å². The van der Waals surface area contributed by atoms with Crippen molar-refractivity contribution in [2.75, 3.05) is 19.0 Å². The molecule has 9 rings (SSSR count). The smallest absolute Gasteiger partial charge is 0.0361 e. The number of nitrogens with zero attached hydrogens (tertiary/aromatic N) is 1. The summed E-state index contributed by atoms with van der Waals surface area (Å²) in [6.07, 6.45) is 22.0. The van der Waals surface area contributed by atoms with Crippen molar-refractivity contribution in [1.29, 1.82) is 0 Å². The predicted octanol–water partition coefficient (Wildman–Crippen LogP) is 17.7. The van der Waals surface area contributed by atoms with Crippen molar-refractivity contribution in [2.24, 2.45) is 0 Å². The number of benzene rings is 7. The Kier molecular flexibility index (Phi) is 23.4. The van der Waals surface area contributed by atoms with Gasteiger partial charge >= 0.3 is 0 Å². The average molecular weight is 982 g/mol. The van der Waals surface area contributed by atoms with Crippen LogP contribution in [0.3, 0.4) is 0 Å². The molecule has 5 heteroatoms. The molecule has 0 N–H and O–H groups in total. The normalized spacial score (nSPS) is 14.0. The van der Waals surface area contributed by atoms with E-state index in [4.69, 9.17) is 0 Å². The average Bonchev–Trinajstić information content (AvgIpc) is 3.37. The molecule has 350 valence electrons. The Balaban J connectivity index is 0.000000165. The van der Waals surface area contributed by atoms with Crippen molar-refractivity contribution in [3.8, 4) is 0 Å². The van der Waals surface area contributed by atoms with E-state index in [0.29, 0.717) is 0 Å². The molecule has 2 fully saturated rings. The van der Waals surface area contributed by atoms with Gasteiger partial charge in [0.2, 0.25) is 0 Å². The maximum absolute atomic E-state index is 2.46. The van der Waals surface area contributed by atoms with Crippen LogP contribution in [0.4, 0.5) is 5.69 Å². The van der Waals surface area contributed by atoms with Crippen molar-refractivity contribution in [3.63, 3.8) is 0 Å². The Labute approximate surface area is 420 Å². The number of rotatable bonds is 16. The van der Waals surface area contributed by atoms with Crippen LogP contribution in [0.1, 0.15) is 97.6 Å². The molecule has 2 aliphatic rings. The SMILES string of the molecule is CN(C)c1ccc(P(C2CCCCC2)C2CCCCC2)cc1.[Fe].c1ccc(CP(Cc2ccccc2)Cc2ccccc2)cc1.c1ccc(CP(Cc2ccccc2)Cc2ccccc2)cc1. The fraction of sp³-hybridized carbons (Fsp3) is 0.323. The molecule has 0 heterocycles. The molecule has 0 aromatic heterocycles. The molecule has 0 unspecified atom stereocenters. The summed E-state index contributed by atoms with van der Waals surface area (Å²) in [5.74, 6) is 0. The van der Waals surface area contributed by atoms with Gasteiger partial charge in [0.15, 0.2) is 0 Å². The van der Waals surface area contributed by atoms with Crippen molar-refractivity contribution in [3.05, 3.63) is 240 Å². The van der Waals surface area contributed by atoms with Gasteiger partial charge in [-0.1, -0.05) is 256 Å². The van der Waals surface area contributed by atoms with Crippen LogP contribution < -0.4 is 10.2 Å². The summed E-state index contributed by atoms with van der Waals surface area (Å²) in [7, 11) is 4.16. The molecular formula is C62H74FeNP3. The zero-order valence-electron chi connectivity index (χ0n) is 40.2. The first-order chi connectivity index (χ1) is 32.6. The van der Waals surface area contributed by atoms with E-state index in [-0.39, 0.29) is 40.8 Å². The fourth-order valence-electron chi connectivity index (χ4n) is 9.75. The molecule has 2 aliphatic carbocycles. The van der Waals surface area contributed by atoms with Crippen LogP contribution in [-0.4, -0.2) is 25.4 Å². The molecule has 0 amide bonds. The first-order valence-corrected chi connectivity index (χ1v) is 30.1. The molecule has 0 spiro atoms. The second kappa shape index (κ2) is 29.9. The molecule has 0 saturated heterocycles. The van der Waals surface area contributed by atoms with Gasteiger partial charge in [0.25, 0.3) is 0 Å². The minimum absolute atomic E-state index is 0. The largest absolute Gasteiger partial charge is 0.378 e. The Morgan fingerprint density at radius 2 is 0.567 bits per heavy atom. The number of hydrogen-bond donors (Lipinski definition) is 0. The van der Waals surface area contributed by atoms with E-state index in [1.807, 2.05) is 0 Å². The van der Waals surface area contributed by atoms with Crippen LogP contribution in [0.2, 0.25) is 0 Å². The summed E-state index contributed by atoms with van der Waals surface area (Å²) in [5, 5.41) is 1.69. The van der Waals surface area contributed by atoms with Crippen LogP contribution in [-0.2, 0) is 54.0 Å². The zero-order valence-corrected chi connectivity index (χ0v) is 44.0. The fourth-order valence-corrected chi connectivity index (χ4v) is 18.6. The maximum atomic E-state index is 2.46. The van der Waals surface area contributed by atoms with E-state index in [0.717, 1.165) is 11.3 Å². The third kappa shape index (κ3) is 18.5. The topological polar surface area (TPSA) is 3.24 Å². The van der Waals surface area contributed by atoms with E-state index in [1.54, 1.807) is 5.30 Å². The molecule has 1 nitrogen and oxygen atoms in total. The van der Waals surface area contributed by atoms with Crippen LogP contribution in [0.15, 0.2) is 206 Å². The van der Waals surface area contributed by atoms with Gasteiger partial charge in [-0.3, -0.25) is 0 Å². The molecule has 7 aromatic rings. The van der Waals surface area contributed by atoms with E-state index in [9.17, 15) is 0 Å². The standard InChI is InChI=1S/2C21H21P.C20H32NP.Fe/c2*1-4-10-19(11-5-1)16-22(17-20-12-6-2-7-13-20)18-21-14-8-3-9-15-21;1-21(2)17-13-15-20(16-14-17)22(18-9-5-3-6-10-18)19-11-7-4-8-12-19;/h2*1-15H,16-18H2;13-16,18-19H,3-12H2,1-2H3;. The van der Waals surface area contributed by atoms with E-state index in [1.165, 1.54) is 140 Å². The van der Waals surface area contributed by atoms with Crippen LogP contribution >= 0.6 is 23.8 Å². The molecular weight excluding hydrogens is 907 g/mol. The van der Waals surface area contributed by atoms with Crippen molar-refractivity contribution in [2.45, 2.75) is 112 Å². The summed E-state index contributed by atoms with van der Waals surface area (Å²) >= 11 is 0. The van der Waals surface area contributed by atoms with Gasteiger partial charge in [-0.2, -0.15) is 0 Å². The molecule has 0 aliphatic heterocycles. The van der Waals surface area contributed by atoms with Gasteiger partial charge in [0.1, 0.15) is 0 Å². The summed E-state index contributed by atoms with van der Waals surface area (Å²) < 4.78 is 0. The van der Waals surface area contributed by atoms with Gasteiger partial charge in [-0.05, 0) is 125 Å². The van der Waals surface area contributed by atoms with Gasteiger partial charge in [0, 0.05) is 36.9 Å². The minimum Gasteiger partial charge on any atom is -0.378 e. The van der Waals surface area contributed by atoms with Crippen LogP contribution in [0, 0.1) is 0 Å². The van der Waals surface area contributed by atoms with Crippen LogP contribution in [0.5, 0.6) is 0 Å². The zero-order chi connectivity index (χ0) is 45.4. The summed E-state index contributed by atoms with van der Waals surface area (Å²) in [6, 6.07) is 75.0. The third-order valence-electron chi connectivity index (χ3n) is 13.1. The molecule has 0 atom stereocenters. The second-order valence-electron chi connectivity index (χ2n) is 18.6. The van der Waals surface area contributed by atoms with Crippen molar-refractivity contribution < 1.29 is 17.1 Å². The quantitative estimate of drug-likeness (QED) is 0.0689. The molecule has 2 saturated carbocycles. The van der Waals surface area contributed by atoms with Gasteiger partial charge in [-0.15, -0.1) is 0 Å². The van der Waals surface area contributed by atoms with Gasteiger partial charge in [0.05, 0.1) is 0 Å². The summed E-state index contributed by atoms with van der Waals surface area (Å²) in [4.78, 5) is 2.22. The van der Waals surface area contributed by atoms with E-state index in [2.05, 4.69) is 225 Å². The summed E-state index contributed by atoms with van der Waals surface area (Å²) in [6.45, 7) is 0. The molecule has 7 aromatic carbocycles. The van der Waals surface area contributed by atoms with Gasteiger partial charge < -0.3 is 4.90 Å². The van der Waals surface area contributed by atoms with Crippen LogP contribution in [0.25, 0.3) is 0 Å². The molecule has 0 bridgehead atoms. The number of hydrogen-bond acceptors (Lipinski definition) is 1. The third-order valence-corrected chi connectivity index (χ3v) is 21.5. The first-order valence-electron chi connectivity index (χ1n) is 24.8. The van der Waals surface area contributed by atoms with E-state index < -0.39 is 0 Å².